The summed E-state index contributed by atoms with van der Waals surface area (Å²) >= 11 is 6.01. The van der Waals surface area contributed by atoms with Crippen molar-refractivity contribution in [2.24, 2.45) is 0 Å². The van der Waals surface area contributed by atoms with Crippen molar-refractivity contribution < 1.29 is 28.7 Å². The van der Waals surface area contributed by atoms with Crippen LogP contribution in [0.2, 0.25) is 5.02 Å². The van der Waals surface area contributed by atoms with Crippen LogP contribution in [0, 0.1) is 0 Å². The fourth-order valence-electron chi connectivity index (χ4n) is 2.93. The molecule has 0 saturated heterocycles. The van der Waals surface area contributed by atoms with Crippen LogP contribution in [-0.2, 0) is 20.8 Å². The molecule has 0 N–H and O–H groups in total. The molecule has 0 atom stereocenters. The fraction of sp³-hybridized carbons (Fsp3) is 0.200. The van der Waals surface area contributed by atoms with Gasteiger partial charge in [0.25, 0.3) is 5.91 Å². The average Bonchev–Trinajstić information content (AvgIpc) is 2.62. The topological polar surface area (TPSA) is 90.0 Å². The average molecular weight is 402 g/mol. The summed E-state index contributed by atoms with van der Waals surface area (Å²) in [5.41, 5.74) is 1.35. The van der Waals surface area contributed by atoms with Gasteiger partial charge in [0.1, 0.15) is 0 Å². The minimum absolute atomic E-state index is 0.00333. The molecule has 0 aromatic heterocycles. The maximum atomic E-state index is 13.1. The highest BCUT2D eigenvalue weighted by atomic mass is 35.5. The molecule has 1 heterocycles. The number of carbonyl (C=O) groups excluding carboxylic acids is 4. The number of fused-ring (bicyclic) bond motifs is 1. The maximum Gasteiger partial charge on any atom is 0.308 e. The summed E-state index contributed by atoms with van der Waals surface area (Å²) in [5, 5.41) is 0.517. The van der Waals surface area contributed by atoms with Gasteiger partial charge in [0, 0.05) is 30.9 Å². The molecule has 8 heteroatoms. The lowest BCUT2D eigenvalue weighted by atomic mass is 10.00. The van der Waals surface area contributed by atoms with Crippen LogP contribution >= 0.6 is 11.6 Å². The largest absolute Gasteiger partial charge is 0.423 e. The number of carbonyl (C=O) groups is 4. The first-order valence-corrected chi connectivity index (χ1v) is 8.80. The Labute approximate surface area is 165 Å². The van der Waals surface area contributed by atoms with Gasteiger partial charge in [-0.1, -0.05) is 11.6 Å². The van der Waals surface area contributed by atoms with Gasteiger partial charge in [-0.3, -0.25) is 19.2 Å². The summed E-state index contributed by atoms with van der Waals surface area (Å²) in [5.74, 6) is -2.28. The van der Waals surface area contributed by atoms with Crippen LogP contribution < -0.4 is 14.4 Å². The predicted molar refractivity (Wildman–Crippen MR) is 101 cm³/mol. The number of hydrogen-bond donors (Lipinski definition) is 0. The number of benzene rings is 2. The Morgan fingerprint density at radius 1 is 0.929 bits per heavy atom. The summed E-state index contributed by atoms with van der Waals surface area (Å²) in [6.07, 6.45) is 0.657. The molecule has 0 bridgehead atoms. The molecule has 0 saturated carbocycles. The molecule has 0 aliphatic carbocycles. The van der Waals surface area contributed by atoms with Crippen molar-refractivity contribution in [1.82, 2.24) is 0 Å². The zero-order chi connectivity index (χ0) is 20.4. The lowest BCUT2D eigenvalue weighted by molar-refractivity contribution is -0.134. The molecule has 144 valence electrons. The molecular weight excluding hydrogens is 386 g/mol. The molecule has 0 spiro atoms. The summed E-state index contributed by atoms with van der Waals surface area (Å²) in [7, 11) is 0. The number of imide groups is 1. The number of aryl methyl sites for hydroxylation is 1. The Hall–Kier alpha value is -3.19. The summed E-state index contributed by atoms with van der Waals surface area (Å²) < 4.78 is 10.0. The molecule has 7 nitrogen and oxygen atoms in total. The van der Waals surface area contributed by atoms with E-state index in [0.717, 1.165) is 10.5 Å². The highest BCUT2D eigenvalue weighted by Gasteiger charge is 2.31. The molecule has 1 aliphatic rings. The highest BCUT2D eigenvalue weighted by Crippen LogP contribution is 2.34. The van der Waals surface area contributed by atoms with Crippen LogP contribution in [0.1, 0.15) is 36.2 Å². The molecule has 0 fully saturated rings. The van der Waals surface area contributed by atoms with Crippen molar-refractivity contribution in [3.05, 3.63) is 52.5 Å². The zero-order valence-corrected chi connectivity index (χ0v) is 15.9. The van der Waals surface area contributed by atoms with E-state index < -0.39 is 17.8 Å². The second kappa shape index (κ2) is 7.82. The van der Waals surface area contributed by atoms with E-state index in [1.165, 1.54) is 32.0 Å². The molecule has 2 aromatic rings. The van der Waals surface area contributed by atoms with Crippen LogP contribution in [0.3, 0.4) is 0 Å². The predicted octanol–water partition coefficient (Wildman–Crippen LogP) is 3.31. The van der Waals surface area contributed by atoms with Crippen molar-refractivity contribution in [2.75, 3.05) is 4.90 Å². The van der Waals surface area contributed by atoms with Gasteiger partial charge < -0.3 is 9.47 Å². The van der Waals surface area contributed by atoms with Gasteiger partial charge in [-0.2, -0.15) is 0 Å². The summed E-state index contributed by atoms with van der Waals surface area (Å²) in [6.45, 7) is 2.38. The number of anilines is 1. The Bertz CT molecular complexity index is 1000. The zero-order valence-electron chi connectivity index (χ0n) is 15.2. The Morgan fingerprint density at radius 2 is 1.61 bits per heavy atom. The molecule has 2 amide bonds. The van der Waals surface area contributed by atoms with E-state index in [0.29, 0.717) is 17.1 Å². The van der Waals surface area contributed by atoms with Crippen LogP contribution in [0.5, 0.6) is 11.5 Å². The van der Waals surface area contributed by atoms with Crippen LogP contribution in [0.25, 0.3) is 0 Å². The Balaban J connectivity index is 2.01. The molecular formula is C20H16ClNO6. The number of esters is 2. The lowest BCUT2D eigenvalue weighted by Gasteiger charge is -2.28. The minimum atomic E-state index is -0.646. The van der Waals surface area contributed by atoms with Gasteiger partial charge in [-0.05, 0) is 48.4 Å². The number of halogens is 1. The molecule has 3 rings (SSSR count). The lowest BCUT2D eigenvalue weighted by Crippen LogP contribution is -2.40. The minimum Gasteiger partial charge on any atom is -0.423 e. The van der Waals surface area contributed by atoms with Crippen LogP contribution in [-0.4, -0.2) is 23.8 Å². The normalized spacial score (nSPS) is 13.0. The van der Waals surface area contributed by atoms with E-state index in [1.807, 2.05) is 0 Å². The first-order valence-electron chi connectivity index (χ1n) is 8.43. The fourth-order valence-corrected chi connectivity index (χ4v) is 3.12. The van der Waals surface area contributed by atoms with E-state index in [4.69, 9.17) is 21.1 Å². The number of amides is 2. The van der Waals surface area contributed by atoms with Crippen molar-refractivity contribution in [2.45, 2.75) is 26.7 Å². The molecule has 28 heavy (non-hydrogen) atoms. The molecule has 0 unspecified atom stereocenters. The van der Waals surface area contributed by atoms with Crippen LogP contribution in [0.15, 0.2) is 36.4 Å². The van der Waals surface area contributed by atoms with E-state index in [1.54, 1.807) is 18.2 Å². The van der Waals surface area contributed by atoms with Crippen molar-refractivity contribution in [3.8, 4) is 11.5 Å². The molecule has 1 aliphatic heterocycles. The standard InChI is InChI=1S/C20H16ClNO6/c1-11(23)27-17-7-3-14(10-18(17)28-12(2)24)20(26)22-16-6-5-15(21)9-13(16)4-8-19(22)25/h3,5-7,9-10H,4,8H2,1-2H3. The first-order chi connectivity index (χ1) is 13.3. The Morgan fingerprint density at radius 3 is 2.29 bits per heavy atom. The second-order valence-electron chi connectivity index (χ2n) is 6.16. The van der Waals surface area contributed by atoms with Crippen molar-refractivity contribution in [1.29, 1.82) is 0 Å². The molecule has 0 radical (unpaired) electrons. The highest BCUT2D eigenvalue weighted by molar-refractivity contribution is 6.31. The van der Waals surface area contributed by atoms with Gasteiger partial charge in [0.15, 0.2) is 11.5 Å². The van der Waals surface area contributed by atoms with Gasteiger partial charge in [0.05, 0.1) is 5.69 Å². The Kier molecular flexibility index (Phi) is 5.46. The number of ether oxygens (including phenoxy) is 2. The van der Waals surface area contributed by atoms with Crippen LogP contribution in [0.4, 0.5) is 5.69 Å². The van der Waals surface area contributed by atoms with Gasteiger partial charge in [0.2, 0.25) is 5.91 Å². The van der Waals surface area contributed by atoms with E-state index in [2.05, 4.69) is 0 Å². The van der Waals surface area contributed by atoms with Crippen molar-refractivity contribution >= 4 is 41.0 Å². The third-order valence-corrected chi connectivity index (χ3v) is 4.28. The number of nitrogens with zero attached hydrogens (tertiary/aromatic N) is 1. The summed E-state index contributed by atoms with van der Waals surface area (Å²) in [6, 6.07) is 8.94. The summed E-state index contributed by atoms with van der Waals surface area (Å²) in [4.78, 5) is 49.2. The SMILES string of the molecule is CC(=O)Oc1ccc(C(=O)N2C(=O)CCc3cc(Cl)ccc32)cc1OC(C)=O. The van der Waals surface area contributed by atoms with E-state index >= 15 is 0 Å². The molecule has 2 aromatic carbocycles. The van der Waals surface area contributed by atoms with Gasteiger partial charge in [-0.25, -0.2) is 4.90 Å². The van der Waals surface area contributed by atoms with Gasteiger partial charge >= 0.3 is 11.9 Å². The number of hydrogen-bond acceptors (Lipinski definition) is 6. The van der Waals surface area contributed by atoms with Crippen molar-refractivity contribution in [3.63, 3.8) is 0 Å². The quantitative estimate of drug-likeness (QED) is 0.445. The smallest absolute Gasteiger partial charge is 0.308 e. The third kappa shape index (κ3) is 4.04. The third-order valence-electron chi connectivity index (χ3n) is 4.04. The first kappa shape index (κ1) is 19.6. The second-order valence-corrected chi connectivity index (χ2v) is 6.59. The van der Waals surface area contributed by atoms with E-state index in [9.17, 15) is 19.2 Å². The monoisotopic (exact) mass is 401 g/mol. The number of rotatable bonds is 3. The maximum absolute atomic E-state index is 13.1. The van der Waals surface area contributed by atoms with E-state index in [-0.39, 0.29) is 29.4 Å². The van der Waals surface area contributed by atoms with Gasteiger partial charge in [-0.15, -0.1) is 0 Å².